The number of carbonyl (C=O) groups excluding carboxylic acids is 1. The lowest BCUT2D eigenvalue weighted by molar-refractivity contribution is -0.116. The number of benzene rings is 2. The first-order chi connectivity index (χ1) is 14.0. The fraction of sp³-hybridized carbons (Fsp3) is 0.417. The van der Waals surface area contributed by atoms with E-state index in [1.807, 2.05) is 60.9 Å². The molecule has 1 saturated heterocycles. The summed E-state index contributed by atoms with van der Waals surface area (Å²) in [6.45, 7) is 7.05. The van der Waals surface area contributed by atoms with Crippen LogP contribution in [0.2, 0.25) is 0 Å². The Balaban J connectivity index is 1.62. The van der Waals surface area contributed by atoms with E-state index in [-0.39, 0.29) is 17.5 Å². The largest absolute Gasteiger partial charge is 0.326 e. The molecule has 1 fully saturated rings. The summed E-state index contributed by atoms with van der Waals surface area (Å²) in [6, 6.07) is 13.6. The Morgan fingerprint density at radius 2 is 1.76 bits per heavy atom. The van der Waals surface area contributed by atoms with Crippen LogP contribution in [-0.4, -0.2) is 35.0 Å². The zero-order valence-corrected chi connectivity index (χ0v) is 17.3. The summed E-state index contributed by atoms with van der Waals surface area (Å²) >= 11 is 0. The van der Waals surface area contributed by atoms with Gasteiger partial charge in [0.05, 0.1) is 5.52 Å². The molecule has 1 aliphatic heterocycles. The number of amides is 1. The van der Waals surface area contributed by atoms with Crippen molar-refractivity contribution in [2.24, 2.45) is 0 Å². The van der Waals surface area contributed by atoms with Gasteiger partial charge in [-0.1, -0.05) is 24.6 Å². The van der Waals surface area contributed by atoms with Gasteiger partial charge < -0.3 is 14.8 Å². The molecule has 4 rings (SSSR count). The summed E-state index contributed by atoms with van der Waals surface area (Å²) in [7, 11) is 0. The molecule has 1 aromatic heterocycles. The Kier molecular flexibility index (Phi) is 5.67. The fourth-order valence-corrected chi connectivity index (χ4v) is 4.36. The molecule has 0 bridgehead atoms. The lowest BCUT2D eigenvalue weighted by Gasteiger charge is -2.25. The number of nitrogens with one attached hydrogen (secondary N) is 1. The number of pyridine rings is 1. The lowest BCUT2D eigenvalue weighted by Crippen LogP contribution is -2.32. The van der Waals surface area contributed by atoms with Gasteiger partial charge in [0.25, 0.3) is 5.56 Å². The number of hydrogen-bond donors (Lipinski definition) is 1. The molecule has 3 aromatic rings. The summed E-state index contributed by atoms with van der Waals surface area (Å²) in [4.78, 5) is 27.9. The Morgan fingerprint density at radius 1 is 1.00 bits per heavy atom. The van der Waals surface area contributed by atoms with Gasteiger partial charge in [-0.2, -0.15) is 0 Å². The van der Waals surface area contributed by atoms with Crippen LogP contribution in [0.25, 0.3) is 21.7 Å². The van der Waals surface area contributed by atoms with E-state index < -0.39 is 0 Å². The van der Waals surface area contributed by atoms with Crippen molar-refractivity contribution in [2.75, 3.05) is 25.0 Å². The number of aromatic nitrogens is 1. The van der Waals surface area contributed by atoms with Crippen molar-refractivity contribution in [3.05, 3.63) is 52.8 Å². The Labute approximate surface area is 171 Å². The smallest absolute Gasteiger partial charge is 0.259 e. The maximum absolute atomic E-state index is 13.1. The number of fused-ring (bicyclic) bond motifs is 3. The highest BCUT2D eigenvalue weighted by atomic mass is 16.1. The molecule has 1 N–H and O–H groups in total. The van der Waals surface area contributed by atoms with Gasteiger partial charge >= 0.3 is 0 Å². The molecule has 0 radical (unpaired) electrons. The molecule has 2 aromatic carbocycles. The first-order valence-electron chi connectivity index (χ1n) is 10.6. The van der Waals surface area contributed by atoms with Crippen molar-refractivity contribution < 1.29 is 4.79 Å². The Hall–Kier alpha value is -2.66. The van der Waals surface area contributed by atoms with Gasteiger partial charge in [-0.15, -0.1) is 0 Å². The first kappa shape index (κ1) is 19.6. The second-order valence-corrected chi connectivity index (χ2v) is 8.25. The maximum atomic E-state index is 13.1. The number of likely N-dealkylation sites (tertiary alicyclic amines) is 1. The van der Waals surface area contributed by atoms with Gasteiger partial charge in [-0.25, -0.2) is 0 Å². The zero-order chi connectivity index (χ0) is 20.4. The molecular weight excluding hydrogens is 362 g/mol. The number of nitrogens with zero attached hydrogens (tertiary/aromatic N) is 2. The quantitative estimate of drug-likeness (QED) is 0.649. The van der Waals surface area contributed by atoms with E-state index in [0.717, 1.165) is 41.6 Å². The van der Waals surface area contributed by atoms with Crippen LogP contribution in [0.15, 0.2) is 47.3 Å². The Morgan fingerprint density at radius 3 is 2.52 bits per heavy atom. The van der Waals surface area contributed by atoms with Gasteiger partial charge in [0.2, 0.25) is 5.91 Å². The van der Waals surface area contributed by atoms with Crippen molar-refractivity contribution >= 4 is 33.3 Å². The van der Waals surface area contributed by atoms with E-state index >= 15 is 0 Å². The highest BCUT2D eigenvalue weighted by molar-refractivity contribution is 6.07. The number of hydrogen-bond acceptors (Lipinski definition) is 3. The SMILES string of the molecule is CC(C)n1c(=O)c2ccc(NC(=O)CCN3CCCCC3)cc2c2ccccc21. The molecule has 0 atom stereocenters. The number of piperidine rings is 1. The van der Waals surface area contributed by atoms with Crippen LogP contribution in [0, 0.1) is 0 Å². The van der Waals surface area contributed by atoms with Crippen LogP contribution in [-0.2, 0) is 4.79 Å². The van der Waals surface area contributed by atoms with E-state index in [0.29, 0.717) is 11.8 Å². The van der Waals surface area contributed by atoms with Gasteiger partial charge in [-0.05, 0) is 69.4 Å². The molecular formula is C24H29N3O2. The molecule has 0 unspecified atom stereocenters. The summed E-state index contributed by atoms with van der Waals surface area (Å²) < 4.78 is 1.84. The molecule has 5 nitrogen and oxygen atoms in total. The van der Waals surface area contributed by atoms with E-state index in [1.165, 1.54) is 19.3 Å². The third-order valence-corrected chi connectivity index (χ3v) is 5.83. The fourth-order valence-electron chi connectivity index (χ4n) is 4.36. The predicted octanol–water partition coefficient (Wildman–Crippen LogP) is 4.55. The zero-order valence-electron chi connectivity index (χ0n) is 17.3. The summed E-state index contributed by atoms with van der Waals surface area (Å²) in [5.74, 6) is 0.0229. The van der Waals surface area contributed by atoms with Crippen molar-refractivity contribution in [1.29, 1.82) is 0 Å². The van der Waals surface area contributed by atoms with Crippen LogP contribution in [0.4, 0.5) is 5.69 Å². The molecule has 29 heavy (non-hydrogen) atoms. The van der Waals surface area contributed by atoms with Crippen molar-refractivity contribution in [3.63, 3.8) is 0 Å². The molecule has 152 valence electrons. The average Bonchev–Trinajstić information content (AvgIpc) is 2.73. The maximum Gasteiger partial charge on any atom is 0.259 e. The highest BCUT2D eigenvalue weighted by Crippen LogP contribution is 2.27. The minimum atomic E-state index is 0.0108. The first-order valence-corrected chi connectivity index (χ1v) is 10.6. The number of anilines is 1. The summed E-state index contributed by atoms with van der Waals surface area (Å²) in [6.07, 6.45) is 4.25. The van der Waals surface area contributed by atoms with Gasteiger partial charge in [0, 0.05) is 35.5 Å². The monoisotopic (exact) mass is 391 g/mol. The molecule has 1 aliphatic rings. The lowest BCUT2D eigenvalue weighted by atomic mass is 10.0. The second kappa shape index (κ2) is 8.37. The molecule has 0 saturated carbocycles. The number of rotatable bonds is 5. The van der Waals surface area contributed by atoms with E-state index in [2.05, 4.69) is 10.2 Å². The third-order valence-electron chi connectivity index (χ3n) is 5.83. The number of para-hydroxylation sites is 1. The summed E-state index contributed by atoms with van der Waals surface area (Å²) in [5.41, 5.74) is 1.68. The normalized spacial score (nSPS) is 15.3. The summed E-state index contributed by atoms with van der Waals surface area (Å²) in [5, 5.41) is 5.62. The van der Waals surface area contributed by atoms with E-state index in [9.17, 15) is 9.59 Å². The van der Waals surface area contributed by atoms with Crippen LogP contribution < -0.4 is 10.9 Å². The Bertz CT molecular complexity index is 1090. The standard InChI is InChI=1S/C24H29N3O2/c1-17(2)27-22-9-5-4-8-19(22)21-16-18(10-11-20(21)24(27)29)25-23(28)12-15-26-13-6-3-7-14-26/h4-5,8-11,16-17H,3,6-7,12-15H2,1-2H3,(H,25,28). The predicted molar refractivity (Wildman–Crippen MR) is 120 cm³/mol. The average molecular weight is 392 g/mol. The van der Waals surface area contributed by atoms with Crippen molar-refractivity contribution in [2.45, 2.75) is 45.6 Å². The van der Waals surface area contributed by atoms with E-state index in [1.54, 1.807) is 0 Å². The second-order valence-electron chi connectivity index (χ2n) is 8.25. The minimum absolute atomic E-state index is 0.0108. The van der Waals surface area contributed by atoms with Gasteiger partial charge in [-0.3, -0.25) is 9.59 Å². The van der Waals surface area contributed by atoms with Crippen molar-refractivity contribution in [3.8, 4) is 0 Å². The third kappa shape index (κ3) is 4.06. The van der Waals surface area contributed by atoms with Crippen LogP contribution >= 0.6 is 0 Å². The highest BCUT2D eigenvalue weighted by Gasteiger charge is 2.15. The van der Waals surface area contributed by atoms with Crippen LogP contribution in [0.5, 0.6) is 0 Å². The van der Waals surface area contributed by atoms with E-state index in [4.69, 9.17) is 0 Å². The number of carbonyl (C=O) groups is 1. The minimum Gasteiger partial charge on any atom is -0.326 e. The van der Waals surface area contributed by atoms with Crippen LogP contribution in [0.3, 0.4) is 0 Å². The molecule has 0 aliphatic carbocycles. The van der Waals surface area contributed by atoms with Gasteiger partial charge in [0.1, 0.15) is 0 Å². The van der Waals surface area contributed by atoms with Gasteiger partial charge in [0.15, 0.2) is 0 Å². The van der Waals surface area contributed by atoms with Crippen LogP contribution in [0.1, 0.15) is 45.6 Å². The molecule has 1 amide bonds. The molecule has 2 heterocycles. The van der Waals surface area contributed by atoms with Crippen molar-refractivity contribution in [1.82, 2.24) is 9.47 Å². The molecule has 0 spiro atoms. The molecule has 5 heteroatoms. The topological polar surface area (TPSA) is 54.3 Å².